The van der Waals surface area contributed by atoms with E-state index in [1.807, 2.05) is 20.8 Å². The van der Waals surface area contributed by atoms with E-state index in [1.165, 1.54) is 12.8 Å². The Kier molecular flexibility index (Phi) is 2.53. The first kappa shape index (κ1) is 10.9. The molecular formula is C12H21NO2. The van der Waals surface area contributed by atoms with Gasteiger partial charge >= 0.3 is 5.97 Å². The summed E-state index contributed by atoms with van der Waals surface area (Å²) in [6.07, 6.45) is 4.70. The highest BCUT2D eigenvalue weighted by Gasteiger charge is 2.46. The minimum atomic E-state index is -0.355. The number of carbonyl (C=O) groups is 1. The third kappa shape index (κ3) is 2.71. The van der Waals surface area contributed by atoms with Gasteiger partial charge in [-0.05, 0) is 46.5 Å². The van der Waals surface area contributed by atoms with E-state index >= 15 is 0 Å². The third-order valence-corrected chi connectivity index (χ3v) is 3.29. The molecule has 2 fully saturated rings. The first-order valence-corrected chi connectivity index (χ1v) is 5.88. The molecule has 1 saturated heterocycles. The molecule has 1 N–H and O–H groups in total. The van der Waals surface area contributed by atoms with Crippen molar-refractivity contribution in [3.63, 3.8) is 0 Å². The van der Waals surface area contributed by atoms with Gasteiger partial charge in [0.25, 0.3) is 0 Å². The lowest BCUT2D eigenvalue weighted by Gasteiger charge is -2.30. The molecule has 0 radical (unpaired) electrons. The summed E-state index contributed by atoms with van der Waals surface area (Å²) in [6, 6.07) is 0. The van der Waals surface area contributed by atoms with E-state index in [-0.39, 0.29) is 17.5 Å². The van der Waals surface area contributed by atoms with Crippen LogP contribution in [0.15, 0.2) is 0 Å². The monoisotopic (exact) mass is 211 g/mol. The van der Waals surface area contributed by atoms with Gasteiger partial charge in [0.2, 0.25) is 0 Å². The Bertz CT molecular complexity index is 253. The van der Waals surface area contributed by atoms with Crippen molar-refractivity contribution in [1.82, 2.24) is 5.32 Å². The minimum Gasteiger partial charge on any atom is -0.460 e. The maximum atomic E-state index is 11.8. The molecule has 0 aromatic heterocycles. The smallest absolute Gasteiger partial charge is 0.310 e. The number of hydrogen-bond donors (Lipinski definition) is 1. The van der Waals surface area contributed by atoms with Crippen molar-refractivity contribution in [3.05, 3.63) is 0 Å². The summed E-state index contributed by atoms with van der Waals surface area (Å²) >= 11 is 0. The zero-order chi connectivity index (χ0) is 11.1. The second-order valence-electron chi connectivity index (χ2n) is 5.93. The van der Waals surface area contributed by atoms with Crippen LogP contribution in [0.4, 0.5) is 0 Å². The number of ether oxygens (including phenoxy) is 1. The maximum Gasteiger partial charge on any atom is 0.310 e. The van der Waals surface area contributed by atoms with Gasteiger partial charge < -0.3 is 10.1 Å². The van der Waals surface area contributed by atoms with Crippen LogP contribution in [0.25, 0.3) is 0 Å². The fourth-order valence-corrected chi connectivity index (χ4v) is 2.14. The Hall–Kier alpha value is -0.570. The maximum absolute atomic E-state index is 11.8. The van der Waals surface area contributed by atoms with Crippen LogP contribution in [0.5, 0.6) is 0 Å². The van der Waals surface area contributed by atoms with Crippen LogP contribution in [0, 0.1) is 5.92 Å². The van der Waals surface area contributed by atoms with Gasteiger partial charge in [-0.1, -0.05) is 0 Å². The van der Waals surface area contributed by atoms with Crippen LogP contribution in [-0.2, 0) is 9.53 Å². The Labute approximate surface area is 91.6 Å². The summed E-state index contributed by atoms with van der Waals surface area (Å²) in [4.78, 5) is 11.8. The van der Waals surface area contributed by atoms with Gasteiger partial charge in [-0.2, -0.15) is 0 Å². The molecule has 2 aliphatic rings. The second kappa shape index (κ2) is 3.48. The average Bonchev–Trinajstić information content (AvgIpc) is 2.83. The molecule has 1 atom stereocenters. The molecule has 1 saturated carbocycles. The van der Waals surface area contributed by atoms with E-state index in [4.69, 9.17) is 4.74 Å². The summed E-state index contributed by atoms with van der Waals surface area (Å²) in [5, 5.41) is 3.49. The molecule has 86 valence electrons. The van der Waals surface area contributed by atoms with Gasteiger partial charge in [0, 0.05) is 12.1 Å². The topological polar surface area (TPSA) is 38.3 Å². The van der Waals surface area contributed by atoms with Crippen LogP contribution in [0.1, 0.15) is 46.5 Å². The Balaban J connectivity index is 1.82. The number of rotatable bonds is 1. The van der Waals surface area contributed by atoms with Gasteiger partial charge in [-0.15, -0.1) is 0 Å². The first-order valence-electron chi connectivity index (χ1n) is 5.88. The molecule has 1 aliphatic carbocycles. The predicted octanol–water partition coefficient (Wildman–Crippen LogP) is 1.86. The van der Waals surface area contributed by atoms with E-state index in [9.17, 15) is 4.79 Å². The number of esters is 1. The van der Waals surface area contributed by atoms with Crippen molar-refractivity contribution < 1.29 is 9.53 Å². The largest absolute Gasteiger partial charge is 0.460 e. The zero-order valence-corrected chi connectivity index (χ0v) is 9.93. The predicted molar refractivity (Wildman–Crippen MR) is 58.5 cm³/mol. The van der Waals surface area contributed by atoms with Crippen molar-refractivity contribution in [2.75, 3.05) is 6.54 Å². The lowest BCUT2D eigenvalue weighted by molar-refractivity contribution is -0.160. The lowest BCUT2D eigenvalue weighted by atomic mass is 9.93. The number of piperidine rings is 1. The molecule has 1 spiro atoms. The van der Waals surface area contributed by atoms with Crippen LogP contribution in [0.3, 0.4) is 0 Å². The molecule has 1 aliphatic heterocycles. The summed E-state index contributed by atoms with van der Waals surface area (Å²) in [7, 11) is 0. The SMILES string of the molecule is CC(C)(C)OC(=O)C1CCC2(CC2)NC1. The van der Waals surface area contributed by atoms with Gasteiger partial charge in [-0.25, -0.2) is 0 Å². The van der Waals surface area contributed by atoms with Crippen LogP contribution in [-0.4, -0.2) is 23.7 Å². The molecule has 0 amide bonds. The van der Waals surface area contributed by atoms with Crippen molar-refractivity contribution in [2.24, 2.45) is 5.92 Å². The molecule has 0 aromatic carbocycles. The minimum absolute atomic E-state index is 0.0366. The molecule has 15 heavy (non-hydrogen) atoms. The third-order valence-electron chi connectivity index (χ3n) is 3.29. The Morgan fingerprint density at radius 2 is 2.00 bits per heavy atom. The van der Waals surface area contributed by atoms with E-state index in [1.54, 1.807) is 0 Å². The molecule has 0 aromatic rings. The Morgan fingerprint density at radius 1 is 1.33 bits per heavy atom. The number of nitrogens with one attached hydrogen (secondary N) is 1. The molecule has 2 rings (SSSR count). The van der Waals surface area contributed by atoms with E-state index in [0.717, 1.165) is 19.4 Å². The van der Waals surface area contributed by atoms with Crippen molar-refractivity contribution >= 4 is 5.97 Å². The molecule has 0 bridgehead atoms. The van der Waals surface area contributed by atoms with E-state index < -0.39 is 0 Å². The highest BCUT2D eigenvalue weighted by atomic mass is 16.6. The van der Waals surface area contributed by atoms with E-state index in [2.05, 4.69) is 5.32 Å². The van der Waals surface area contributed by atoms with Crippen LogP contribution >= 0.6 is 0 Å². The highest BCUT2D eigenvalue weighted by molar-refractivity contribution is 5.73. The molecule has 1 unspecified atom stereocenters. The van der Waals surface area contributed by atoms with E-state index in [0.29, 0.717) is 5.54 Å². The van der Waals surface area contributed by atoms with Gasteiger partial charge in [0.1, 0.15) is 5.60 Å². The lowest BCUT2D eigenvalue weighted by Crippen LogP contribution is -2.44. The molecule has 1 heterocycles. The average molecular weight is 211 g/mol. The van der Waals surface area contributed by atoms with Crippen molar-refractivity contribution in [2.45, 2.75) is 57.6 Å². The molecular weight excluding hydrogens is 190 g/mol. The van der Waals surface area contributed by atoms with Crippen molar-refractivity contribution in [3.8, 4) is 0 Å². The molecule has 3 nitrogen and oxygen atoms in total. The van der Waals surface area contributed by atoms with Crippen LogP contribution in [0.2, 0.25) is 0 Å². The normalized spacial score (nSPS) is 28.9. The molecule has 3 heteroatoms. The summed E-state index contributed by atoms with van der Waals surface area (Å²) in [5.41, 5.74) is 0.0598. The second-order valence-corrected chi connectivity index (χ2v) is 5.93. The quantitative estimate of drug-likeness (QED) is 0.673. The highest BCUT2D eigenvalue weighted by Crippen LogP contribution is 2.43. The van der Waals surface area contributed by atoms with Crippen molar-refractivity contribution in [1.29, 1.82) is 0 Å². The fourth-order valence-electron chi connectivity index (χ4n) is 2.14. The van der Waals surface area contributed by atoms with Gasteiger partial charge in [-0.3, -0.25) is 4.79 Å². The number of carbonyl (C=O) groups excluding carboxylic acids is 1. The fraction of sp³-hybridized carbons (Fsp3) is 0.917. The first-order chi connectivity index (χ1) is 6.90. The number of hydrogen-bond acceptors (Lipinski definition) is 3. The Morgan fingerprint density at radius 3 is 2.40 bits per heavy atom. The van der Waals surface area contributed by atoms with Gasteiger partial charge in [0.05, 0.1) is 5.92 Å². The van der Waals surface area contributed by atoms with Gasteiger partial charge in [0.15, 0.2) is 0 Å². The van der Waals surface area contributed by atoms with Crippen LogP contribution < -0.4 is 5.32 Å². The standard InChI is InChI=1S/C12H21NO2/c1-11(2,3)15-10(14)9-4-5-12(6-7-12)13-8-9/h9,13H,4-8H2,1-3H3. The zero-order valence-electron chi connectivity index (χ0n) is 9.93. The summed E-state index contributed by atoms with van der Waals surface area (Å²) in [5.74, 6) is 0.0287. The summed E-state index contributed by atoms with van der Waals surface area (Å²) < 4.78 is 5.39. The summed E-state index contributed by atoms with van der Waals surface area (Å²) in [6.45, 7) is 6.56.